The van der Waals surface area contributed by atoms with E-state index in [2.05, 4.69) is 16.1 Å². The minimum absolute atomic E-state index is 0.196. The number of hydrogen-bond acceptors (Lipinski definition) is 4. The summed E-state index contributed by atoms with van der Waals surface area (Å²) in [6, 6.07) is 1.60. The van der Waals surface area contributed by atoms with E-state index in [1.165, 1.54) is 22.3 Å². The molecule has 1 fully saturated rings. The Labute approximate surface area is 142 Å². The van der Waals surface area contributed by atoms with Gasteiger partial charge in [-0.2, -0.15) is 0 Å². The highest BCUT2D eigenvalue weighted by molar-refractivity contribution is 7.90. The van der Waals surface area contributed by atoms with Gasteiger partial charge in [-0.15, -0.1) is 0 Å². The van der Waals surface area contributed by atoms with Crippen LogP contribution in [0.5, 0.6) is 0 Å². The SMILES string of the molecule is NC1(CS(=O)(=O)NC(=O)Nc2c3c(cc4c2CCC4)CCC3)CC1. The van der Waals surface area contributed by atoms with Gasteiger partial charge in [-0.3, -0.25) is 0 Å². The van der Waals surface area contributed by atoms with Crippen LogP contribution in [0.15, 0.2) is 6.07 Å². The predicted octanol–water partition coefficient (Wildman–Crippen LogP) is 1.61. The molecule has 0 unspecified atom stereocenters. The van der Waals surface area contributed by atoms with E-state index < -0.39 is 21.6 Å². The minimum Gasteiger partial charge on any atom is -0.324 e. The van der Waals surface area contributed by atoms with Crippen molar-refractivity contribution >= 4 is 21.7 Å². The van der Waals surface area contributed by atoms with Gasteiger partial charge in [-0.05, 0) is 73.6 Å². The van der Waals surface area contributed by atoms with Gasteiger partial charge in [0.25, 0.3) is 0 Å². The number of urea groups is 1. The normalized spacial score (nSPS) is 20.4. The Morgan fingerprint density at radius 3 is 2.21 bits per heavy atom. The van der Waals surface area contributed by atoms with Crippen LogP contribution in [0.3, 0.4) is 0 Å². The lowest BCUT2D eigenvalue weighted by atomic mass is 9.99. The summed E-state index contributed by atoms with van der Waals surface area (Å²) in [4.78, 5) is 12.3. The zero-order valence-electron chi connectivity index (χ0n) is 13.7. The Morgan fingerprint density at radius 2 is 1.67 bits per heavy atom. The zero-order valence-corrected chi connectivity index (χ0v) is 14.5. The molecule has 0 radical (unpaired) electrons. The van der Waals surface area contributed by atoms with Crippen molar-refractivity contribution in [2.24, 2.45) is 5.73 Å². The van der Waals surface area contributed by atoms with Crippen molar-refractivity contribution in [2.45, 2.75) is 56.9 Å². The molecule has 0 spiro atoms. The number of aryl methyl sites for hydroxylation is 2. The first-order valence-corrected chi connectivity index (χ1v) is 10.3. The van der Waals surface area contributed by atoms with Gasteiger partial charge in [0.15, 0.2) is 0 Å². The molecule has 7 heteroatoms. The first-order valence-electron chi connectivity index (χ1n) is 8.62. The third kappa shape index (κ3) is 3.02. The lowest BCUT2D eigenvalue weighted by Gasteiger charge is -2.17. The van der Waals surface area contributed by atoms with E-state index in [4.69, 9.17) is 5.73 Å². The van der Waals surface area contributed by atoms with Gasteiger partial charge in [-0.25, -0.2) is 17.9 Å². The number of nitrogens with one attached hydrogen (secondary N) is 2. The summed E-state index contributed by atoms with van der Waals surface area (Å²) in [5, 5.41) is 2.83. The molecule has 1 saturated carbocycles. The third-order valence-corrected chi connectivity index (χ3v) is 6.78. The quantitative estimate of drug-likeness (QED) is 0.768. The highest BCUT2D eigenvalue weighted by atomic mass is 32.2. The summed E-state index contributed by atoms with van der Waals surface area (Å²) < 4.78 is 26.3. The smallest absolute Gasteiger partial charge is 0.324 e. The number of sulfonamides is 1. The molecule has 1 aromatic rings. The maximum atomic E-state index is 12.3. The second-order valence-electron chi connectivity index (χ2n) is 7.41. The van der Waals surface area contributed by atoms with Crippen molar-refractivity contribution < 1.29 is 13.2 Å². The van der Waals surface area contributed by atoms with Gasteiger partial charge in [0.05, 0.1) is 5.75 Å². The van der Waals surface area contributed by atoms with Crippen LogP contribution in [0.25, 0.3) is 0 Å². The van der Waals surface area contributed by atoms with E-state index in [1.807, 2.05) is 0 Å². The van der Waals surface area contributed by atoms with E-state index in [0.29, 0.717) is 12.8 Å². The number of amides is 2. The van der Waals surface area contributed by atoms with Gasteiger partial charge in [-0.1, -0.05) is 6.07 Å². The first kappa shape index (κ1) is 15.9. The van der Waals surface area contributed by atoms with Crippen LogP contribution in [-0.2, 0) is 35.7 Å². The standard InChI is InChI=1S/C17H23N3O3S/c18-17(7-8-17)10-24(22,23)20-16(21)19-15-13-5-1-3-11(13)9-12-4-2-6-14(12)15/h9H,1-8,10,18H2,(H2,19,20,21). The van der Waals surface area contributed by atoms with E-state index in [-0.39, 0.29) is 5.75 Å². The van der Waals surface area contributed by atoms with E-state index in [1.54, 1.807) is 0 Å². The molecule has 0 bridgehead atoms. The summed E-state index contributed by atoms with van der Waals surface area (Å²) in [6.45, 7) is 0. The van der Waals surface area contributed by atoms with Crippen molar-refractivity contribution in [3.05, 3.63) is 28.3 Å². The Hall–Kier alpha value is -1.60. The van der Waals surface area contributed by atoms with Gasteiger partial charge in [0.2, 0.25) is 10.0 Å². The van der Waals surface area contributed by atoms with Crippen molar-refractivity contribution in [1.29, 1.82) is 0 Å². The Bertz CT molecular complexity index is 781. The fraction of sp³-hybridized carbons (Fsp3) is 0.588. The van der Waals surface area contributed by atoms with Crippen LogP contribution in [0.4, 0.5) is 10.5 Å². The van der Waals surface area contributed by atoms with Crippen LogP contribution in [0.1, 0.15) is 47.9 Å². The van der Waals surface area contributed by atoms with Crippen molar-refractivity contribution in [3.8, 4) is 0 Å². The zero-order chi connectivity index (χ0) is 16.9. The van der Waals surface area contributed by atoms with Crippen molar-refractivity contribution in [1.82, 2.24) is 4.72 Å². The predicted molar refractivity (Wildman–Crippen MR) is 92.6 cm³/mol. The Kier molecular flexibility index (Phi) is 3.61. The lowest BCUT2D eigenvalue weighted by Crippen LogP contribution is -2.42. The molecule has 6 nitrogen and oxygen atoms in total. The number of carbonyl (C=O) groups excluding carboxylic acids is 1. The second kappa shape index (κ2) is 5.46. The van der Waals surface area contributed by atoms with Crippen LogP contribution in [0.2, 0.25) is 0 Å². The monoisotopic (exact) mass is 349 g/mol. The molecule has 1 aromatic carbocycles. The number of anilines is 1. The number of rotatable bonds is 4. The number of carbonyl (C=O) groups is 1. The minimum atomic E-state index is -3.71. The van der Waals surface area contributed by atoms with E-state index in [9.17, 15) is 13.2 Å². The highest BCUT2D eigenvalue weighted by Gasteiger charge is 2.42. The molecule has 0 heterocycles. The molecule has 4 N–H and O–H groups in total. The molecule has 0 saturated heterocycles. The average Bonchev–Trinajstić information content (AvgIpc) is 2.93. The van der Waals surface area contributed by atoms with Crippen LogP contribution >= 0.6 is 0 Å². The van der Waals surface area contributed by atoms with E-state index >= 15 is 0 Å². The Balaban J connectivity index is 1.54. The molecule has 2 amide bonds. The molecule has 0 aliphatic heterocycles. The van der Waals surface area contributed by atoms with Crippen LogP contribution in [-0.4, -0.2) is 25.7 Å². The topological polar surface area (TPSA) is 101 Å². The molecule has 0 atom stereocenters. The summed E-state index contributed by atoms with van der Waals surface area (Å²) >= 11 is 0. The first-order chi connectivity index (χ1) is 11.4. The van der Waals surface area contributed by atoms with Gasteiger partial charge < -0.3 is 11.1 Å². The number of benzene rings is 1. The summed E-state index contributed by atoms with van der Waals surface area (Å²) in [7, 11) is -3.71. The fourth-order valence-corrected chi connectivity index (χ4v) is 5.42. The molecular formula is C17H23N3O3S. The Morgan fingerprint density at radius 1 is 1.08 bits per heavy atom. The molecule has 0 aromatic heterocycles. The van der Waals surface area contributed by atoms with E-state index in [0.717, 1.165) is 44.2 Å². The number of fused-ring (bicyclic) bond motifs is 2. The van der Waals surface area contributed by atoms with Gasteiger partial charge in [0, 0.05) is 11.2 Å². The number of nitrogens with two attached hydrogens (primary N) is 1. The molecule has 24 heavy (non-hydrogen) atoms. The lowest BCUT2D eigenvalue weighted by molar-refractivity contribution is 0.256. The molecule has 3 aliphatic carbocycles. The van der Waals surface area contributed by atoms with Gasteiger partial charge in [0.1, 0.15) is 0 Å². The largest absolute Gasteiger partial charge is 0.332 e. The third-order valence-electron chi connectivity index (χ3n) is 5.33. The molecule has 3 aliphatic rings. The average molecular weight is 349 g/mol. The fourth-order valence-electron chi connectivity index (χ4n) is 3.97. The van der Waals surface area contributed by atoms with Crippen LogP contribution < -0.4 is 15.8 Å². The van der Waals surface area contributed by atoms with Crippen LogP contribution in [0, 0.1) is 0 Å². The molecule has 4 rings (SSSR count). The summed E-state index contributed by atoms with van der Waals surface area (Å²) in [5.74, 6) is -0.196. The molecule has 130 valence electrons. The van der Waals surface area contributed by atoms with Crippen molar-refractivity contribution in [3.63, 3.8) is 0 Å². The second-order valence-corrected chi connectivity index (χ2v) is 9.13. The maximum Gasteiger partial charge on any atom is 0.332 e. The summed E-state index contributed by atoms with van der Waals surface area (Å²) in [6.07, 6.45) is 7.50. The van der Waals surface area contributed by atoms with Gasteiger partial charge >= 0.3 is 6.03 Å². The summed E-state index contributed by atoms with van der Waals surface area (Å²) in [5.41, 5.74) is 11.0. The molecular weight excluding hydrogens is 326 g/mol. The van der Waals surface area contributed by atoms with Crippen molar-refractivity contribution in [2.75, 3.05) is 11.1 Å². The maximum absolute atomic E-state index is 12.3. The number of hydrogen-bond donors (Lipinski definition) is 3. The highest BCUT2D eigenvalue weighted by Crippen LogP contribution is 2.38.